The summed E-state index contributed by atoms with van der Waals surface area (Å²) in [4.78, 5) is 11.8. The van der Waals surface area contributed by atoms with Crippen molar-refractivity contribution in [2.24, 2.45) is 17.3 Å². The molecule has 0 bridgehead atoms. The van der Waals surface area contributed by atoms with E-state index in [1.807, 2.05) is 6.92 Å². The van der Waals surface area contributed by atoms with E-state index in [0.717, 1.165) is 24.0 Å². The molecule has 1 N–H and O–H groups in total. The van der Waals surface area contributed by atoms with Gasteiger partial charge in [-0.15, -0.1) is 0 Å². The van der Waals surface area contributed by atoms with Gasteiger partial charge in [0.25, 0.3) is 0 Å². The van der Waals surface area contributed by atoms with Crippen molar-refractivity contribution in [3.63, 3.8) is 0 Å². The van der Waals surface area contributed by atoms with Crippen LogP contribution >= 0.6 is 0 Å². The number of carbonyl (C=O) groups excluding carboxylic acids is 1. The van der Waals surface area contributed by atoms with Gasteiger partial charge in [-0.25, -0.2) is 4.79 Å². The average Bonchev–Trinajstić information content (AvgIpc) is 2.92. The Balaban J connectivity index is 1.74. The smallest absolute Gasteiger partial charge is 0.334 e. The van der Waals surface area contributed by atoms with Crippen molar-refractivity contribution in [1.82, 2.24) is 0 Å². The lowest BCUT2D eigenvalue weighted by atomic mass is 9.66. The van der Waals surface area contributed by atoms with Gasteiger partial charge < -0.3 is 14.6 Å². The van der Waals surface area contributed by atoms with Crippen molar-refractivity contribution in [3.8, 4) is 0 Å². The fourth-order valence-electron chi connectivity index (χ4n) is 5.04. The third-order valence-corrected chi connectivity index (χ3v) is 5.96. The predicted octanol–water partition coefficient (Wildman–Crippen LogP) is 1.30. The highest BCUT2D eigenvalue weighted by Gasteiger charge is 2.69. The van der Waals surface area contributed by atoms with Gasteiger partial charge in [-0.3, -0.25) is 0 Å². The largest absolute Gasteiger partial charge is 0.454 e. The summed E-state index contributed by atoms with van der Waals surface area (Å²) >= 11 is 0. The SMILES string of the molecule is CC1=C2[C@@H]3O[C@H](O)C4=C3[C@@](C)(C[C@@H]2OC1=O)[C@H]1C[C@@H]41. The second-order valence-corrected chi connectivity index (χ2v) is 6.78. The summed E-state index contributed by atoms with van der Waals surface area (Å²) in [7, 11) is 0. The van der Waals surface area contributed by atoms with E-state index >= 15 is 0 Å². The summed E-state index contributed by atoms with van der Waals surface area (Å²) in [6, 6.07) is 0. The quantitative estimate of drug-likeness (QED) is 0.527. The first-order chi connectivity index (χ1) is 9.02. The molecule has 3 aliphatic carbocycles. The standard InChI is InChI=1S/C15H16O4/c1-5-9-8(18-13(5)16)4-15(2)7-3-6(7)10-11(15)12(9)19-14(10)17/h6-8,12,14,17H,3-4H2,1-2H3/t6-,7+,8+,12+,14+,15+/m1/s1. The van der Waals surface area contributed by atoms with E-state index in [1.165, 1.54) is 5.57 Å². The maximum absolute atomic E-state index is 11.8. The van der Waals surface area contributed by atoms with Crippen molar-refractivity contribution in [1.29, 1.82) is 0 Å². The summed E-state index contributed by atoms with van der Waals surface area (Å²) in [6.07, 6.45) is 0.885. The average molecular weight is 260 g/mol. The Kier molecular flexibility index (Phi) is 1.57. The van der Waals surface area contributed by atoms with Crippen molar-refractivity contribution < 1.29 is 19.4 Å². The molecule has 2 fully saturated rings. The number of rotatable bonds is 0. The molecule has 2 heterocycles. The summed E-state index contributed by atoms with van der Waals surface area (Å²) in [5, 5.41) is 10.2. The first-order valence-electron chi connectivity index (χ1n) is 7.02. The number of fused-ring (bicyclic) bond motifs is 5. The molecular formula is C15H16O4. The molecule has 2 aliphatic heterocycles. The second-order valence-electron chi connectivity index (χ2n) is 6.78. The second kappa shape index (κ2) is 2.81. The van der Waals surface area contributed by atoms with E-state index in [-0.39, 0.29) is 23.6 Å². The van der Waals surface area contributed by atoms with E-state index < -0.39 is 6.29 Å². The molecule has 19 heavy (non-hydrogen) atoms. The van der Waals surface area contributed by atoms with Gasteiger partial charge in [0, 0.05) is 11.1 Å². The summed E-state index contributed by atoms with van der Waals surface area (Å²) < 4.78 is 11.3. The van der Waals surface area contributed by atoms with Crippen LogP contribution < -0.4 is 0 Å². The van der Waals surface area contributed by atoms with E-state index in [1.54, 1.807) is 0 Å². The topological polar surface area (TPSA) is 55.8 Å². The van der Waals surface area contributed by atoms with Gasteiger partial charge in [-0.05, 0) is 48.2 Å². The first-order valence-corrected chi connectivity index (χ1v) is 7.02. The zero-order chi connectivity index (χ0) is 13.1. The summed E-state index contributed by atoms with van der Waals surface area (Å²) in [5.41, 5.74) is 4.09. The van der Waals surface area contributed by atoms with Gasteiger partial charge in [-0.2, -0.15) is 0 Å². The van der Waals surface area contributed by atoms with Gasteiger partial charge in [0.2, 0.25) is 0 Å². The summed E-state index contributed by atoms with van der Waals surface area (Å²) in [6.45, 7) is 4.07. The zero-order valence-electron chi connectivity index (χ0n) is 11.0. The van der Waals surface area contributed by atoms with Crippen molar-refractivity contribution in [2.75, 3.05) is 0 Å². The van der Waals surface area contributed by atoms with Crippen LogP contribution in [0.5, 0.6) is 0 Å². The monoisotopic (exact) mass is 260 g/mol. The molecule has 0 aromatic carbocycles. The molecule has 0 radical (unpaired) electrons. The Labute approximate surface area is 111 Å². The molecule has 0 spiro atoms. The van der Waals surface area contributed by atoms with Crippen molar-refractivity contribution >= 4 is 5.97 Å². The molecule has 0 aromatic rings. The number of hydrogen-bond acceptors (Lipinski definition) is 4. The van der Waals surface area contributed by atoms with Gasteiger partial charge in [-0.1, -0.05) is 6.92 Å². The highest BCUT2D eigenvalue weighted by molar-refractivity contribution is 5.92. The minimum Gasteiger partial charge on any atom is -0.454 e. The Morgan fingerprint density at radius 3 is 2.95 bits per heavy atom. The fourth-order valence-corrected chi connectivity index (χ4v) is 5.04. The van der Waals surface area contributed by atoms with E-state index in [4.69, 9.17) is 9.47 Å². The highest BCUT2D eigenvalue weighted by Crippen LogP contribution is 2.72. The maximum Gasteiger partial charge on any atom is 0.334 e. The molecule has 0 aromatic heterocycles. The lowest BCUT2D eigenvalue weighted by Gasteiger charge is -2.41. The highest BCUT2D eigenvalue weighted by atomic mass is 16.6. The van der Waals surface area contributed by atoms with E-state index in [9.17, 15) is 9.90 Å². The van der Waals surface area contributed by atoms with Gasteiger partial charge in [0.1, 0.15) is 12.2 Å². The molecule has 2 saturated carbocycles. The summed E-state index contributed by atoms with van der Waals surface area (Å²) in [5.74, 6) is 0.915. The Bertz CT molecular complexity index is 601. The van der Waals surface area contributed by atoms with Crippen LogP contribution in [0.15, 0.2) is 22.3 Å². The first kappa shape index (κ1) is 10.6. The lowest BCUT2D eigenvalue weighted by molar-refractivity contribution is -0.142. The van der Waals surface area contributed by atoms with Crippen LogP contribution in [0.4, 0.5) is 0 Å². The molecule has 0 saturated heterocycles. The molecule has 5 aliphatic rings. The van der Waals surface area contributed by atoms with Crippen LogP contribution in [0, 0.1) is 17.3 Å². The molecule has 5 rings (SSSR count). The van der Waals surface area contributed by atoms with Crippen LogP contribution in [-0.4, -0.2) is 29.6 Å². The van der Waals surface area contributed by atoms with Gasteiger partial charge in [0.15, 0.2) is 6.29 Å². The third kappa shape index (κ3) is 0.974. The number of ether oxygens (including phenoxy) is 2. The van der Waals surface area contributed by atoms with Crippen molar-refractivity contribution in [2.45, 2.75) is 45.2 Å². The van der Waals surface area contributed by atoms with E-state index in [2.05, 4.69) is 6.92 Å². The predicted molar refractivity (Wildman–Crippen MR) is 64.8 cm³/mol. The maximum atomic E-state index is 11.8. The number of carbonyl (C=O) groups is 1. The molecule has 4 heteroatoms. The van der Waals surface area contributed by atoms with Crippen LogP contribution in [0.3, 0.4) is 0 Å². The molecule has 0 unspecified atom stereocenters. The van der Waals surface area contributed by atoms with Gasteiger partial charge >= 0.3 is 5.97 Å². The normalized spacial score (nSPS) is 53.2. The molecule has 0 amide bonds. The number of esters is 1. The fraction of sp³-hybridized carbons (Fsp3) is 0.667. The zero-order valence-corrected chi connectivity index (χ0v) is 11.0. The Morgan fingerprint density at radius 1 is 1.37 bits per heavy atom. The molecule has 6 atom stereocenters. The third-order valence-electron chi connectivity index (χ3n) is 5.96. The van der Waals surface area contributed by atoms with Crippen LogP contribution in [-0.2, 0) is 14.3 Å². The van der Waals surface area contributed by atoms with E-state index in [0.29, 0.717) is 17.4 Å². The van der Waals surface area contributed by atoms with Crippen LogP contribution in [0.2, 0.25) is 0 Å². The van der Waals surface area contributed by atoms with Crippen LogP contribution in [0.25, 0.3) is 0 Å². The minimum atomic E-state index is -0.772. The van der Waals surface area contributed by atoms with Crippen LogP contribution in [0.1, 0.15) is 26.7 Å². The van der Waals surface area contributed by atoms with Crippen molar-refractivity contribution in [3.05, 3.63) is 22.3 Å². The number of aliphatic hydroxyl groups is 1. The van der Waals surface area contributed by atoms with Gasteiger partial charge in [0.05, 0.1) is 0 Å². The lowest BCUT2D eigenvalue weighted by Crippen LogP contribution is -2.41. The minimum absolute atomic E-state index is 0.0568. The molecular weight excluding hydrogens is 244 g/mol. The number of aliphatic hydroxyl groups excluding tert-OH is 1. The Hall–Kier alpha value is -1.13. The molecule has 4 nitrogen and oxygen atoms in total. The number of hydrogen-bond donors (Lipinski definition) is 1. The Morgan fingerprint density at radius 2 is 2.16 bits per heavy atom. The molecule has 100 valence electrons.